The Labute approximate surface area is 133 Å². The molecule has 1 N–H and O–H groups in total. The molecule has 1 aliphatic heterocycles. The van der Waals surface area contributed by atoms with E-state index >= 15 is 0 Å². The Morgan fingerprint density at radius 3 is 3.04 bits per heavy atom. The molecule has 6 nitrogen and oxygen atoms in total. The number of hydrogen-bond donors (Lipinski definition) is 1. The van der Waals surface area contributed by atoms with Gasteiger partial charge in [-0.2, -0.15) is 0 Å². The van der Waals surface area contributed by atoms with Crippen LogP contribution >= 0.6 is 0 Å². The highest BCUT2D eigenvalue weighted by atomic mass is 19.1. The highest BCUT2D eigenvalue weighted by Gasteiger charge is 2.29. The number of ether oxygens (including phenoxy) is 1. The summed E-state index contributed by atoms with van der Waals surface area (Å²) in [6.45, 7) is 0.948. The van der Waals surface area contributed by atoms with Gasteiger partial charge in [0.25, 0.3) is 0 Å². The Morgan fingerprint density at radius 1 is 1.39 bits per heavy atom. The van der Waals surface area contributed by atoms with Gasteiger partial charge in [0.05, 0.1) is 13.2 Å². The molecule has 0 saturated carbocycles. The molecule has 1 aliphatic rings. The fourth-order valence-corrected chi connectivity index (χ4v) is 2.62. The summed E-state index contributed by atoms with van der Waals surface area (Å²) in [7, 11) is 1.53. The Bertz CT molecular complexity index is 710. The molecule has 2 aromatic rings. The average Bonchev–Trinajstić information content (AvgIpc) is 2.87. The monoisotopic (exact) mass is 316 g/mol. The van der Waals surface area contributed by atoms with Gasteiger partial charge in [0.15, 0.2) is 0 Å². The van der Waals surface area contributed by atoms with E-state index < -0.39 is 0 Å². The first-order valence-electron chi connectivity index (χ1n) is 7.29. The number of rotatable bonds is 5. The molecule has 1 fully saturated rings. The van der Waals surface area contributed by atoms with E-state index in [2.05, 4.69) is 15.3 Å². The highest BCUT2D eigenvalue weighted by molar-refractivity contribution is 5.80. The Hall–Kier alpha value is -2.70. The van der Waals surface area contributed by atoms with Crippen LogP contribution in [0.5, 0.6) is 5.88 Å². The number of halogens is 1. The van der Waals surface area contributed by atoms with Crippen molar-refractivity contribution in [3.8, 4) is 5.88 Å². The van der Waals surface area contributed by atoms with Crippen LogP contribution in [-0.4, -0.2) is 40.5 Å². The standard InChI is InChI=1S/C16H17FN4O2/c1-23-15-7-14(18-10-19-15)20-13-6-16(22)21(9-13)8-11-3-2-4-12(17)5-11/h2-5,7,10,13H,6,8-9H2,1H3,(H,18,19,20)/t13-/m1/s1. The maximum atomic E-state index is 13.2. The Morgan fingerprint density at radius 2 is 2.26 bits per heavy atom. The van der Waals surface area contributed by atoms with E-state index in [9.17, 15) is 9.18 Å². The van der Waals surface area contributed by atoms with Crippen molar-refractivity contribution in [2.24, 2.45) is 0 Å². The number of hydrogen-bond acceptors (Lipinski definition) is 5. The molecule has 0 aliphatic carbocycles. The summed E-state index contributed by atoms with van der Waals surface area (Å²) in [6, 6.07) is 7.93. The normalized spacial score (nSPS) is 17.4. The van der Waals surface area contributed by atoms with Crippen LogP contribution < -0.4 is 10.1 Å². The number of nitrogens with one attached hydrogen (secondary N) is 1. The lowest BCUT2D eigenvalue weighted by Crippen LogP contribution is -2.27. The average molecular weight is 316 g/mol. The lowest BCUT2D eigenvalue weighted by Gasteiger charge is -2.17. The first-order chi connectivity index (χ1) is 11.1. The van der Waals surface area contributed by atoms with Gasteiger partial charge in [0, 0.05) is 25.6 Å². The zero-order valence-electron chi connectivity index (χ0n) is 12.7. The number of aromatic nitrogens is 2. The number of amides is 1. The van der Waals surface area contributed by atoms with Gasteiger partial charge in [-0.25, -0.2) is 14.4 Å². The fraction of sp³-hybridized carbons (Fsp3) is 0.312. The summed E-state index contributed by atoms with van der Waals surface area (Å²) < 4.78 is 18.3. The topological polar surface area (TPSA) is 67.3 Å². The van der Waals surface area contributed by atoms with Crippen molar-refractivity contribution >= 4 is 11.7 Å². The van der Waals surface area contributed by atoms with Crippen LogP contribution in [0.15, 0.2) is 36.7 Å². The number of likely N-dealkylation sites (tertiary alicyclic amines) is 1. The SMILES string of the molecule is COc1cc(N[C@@H]2CC(=O)N(Cc3cccc(F)c3)C2)ncn1. The van der Waals surface area contributed by atoms with Gasteiger partial charge in [-0.05, 0) is 17.7 Å². The predicted molar refractivity (Wildman–Crippen MR) is 82.4 cm³/mol. The fourth-order valence-electron chi connectivity index (χ4n) is 2.62. The molecule has 1 amide bonds. The molecule has 23 heavy (non-hydrogen) atoms. The van der Waals surface area contributed by atoms with Crippen LogP contribution in [0.25, 0.3) is 0 Å². The zero-order chi connectivity index (χ0) is 16.2. The Kier molecular flexibility index (Phi) is 4.36. The third-order valence-corrected chi connectivity index (χ3v) is 3.68. The molecule has 1 saturated heterocycles. The van der Waals surface area contributed by atoms with Crippen LogP contribution in [-0.2, 0) is 11.3 Å². The van der Waals surface area contributed by atoms with E-state index in [1.54, 1.807) is 17.0 Å². The zero-order valence-corrected chi connectivity index (χ0v) is 12.7. The van der Waals surface area contributed by atoms with E-state index in [-0.39, 0.29) is 17.8 Å². The van der Waals surface area contributed by atoms with E-state index in [0.29, 0.717) is 31.2 Å². The molecule has 7 heteroatoms. The summed E-state index contributed by atoms with van der Waals surface area (Å²) in [5, 5.41) is 3.21. The summed E-state index contributed by atoms with van der Waals surface area (Å²) in [6.07, 6.45) is 1.78. The van der Waals surface area contributed by atoms with Gasteiger partial charge in [0.2, 0.25) is 11.8 Å². The molecular formula is C16H17FN4O2. The molecule has 1 aromatic carbocycles. The Balaban J connectivity index is 1.63. The third-order valence-electron chi connectivity index (χ3n) is 3.68. The molecule has 2 heterocycles. The van der Waals surface area contributed by atoms with Crippen LogP contribution in [0.1, 0.15) is 12.0 Å². The second-order valence-corrected chi connectivity index (χ2v) is 5.40. The van der Waals surface area contributed by atoms with Gasteiger partial charge in [-0.3, -0.25) is 4.79 Å². The predicted octanol–water partition coefficient (Wildman–Crippen LogP) is 1.84. The van der Waals surface area contributed by atoms with E-state index in [4.69, 9.17) is 4.74 Å². The minimum atomic E-state index is -0.295. The van der Waals surface area contributed by atoms with Gasteiger partial charge >= 0.3 is 0 Å². The van der Waals surface area contributed by atoms with E-state index in [1.165, 1.54) is 25.6 Å². The molecule has 3 rings (SSSR count). The second kappa shape index (κ2) is 6.60. The molecule has 120 valence electrons. The quantitative estimate of drug-likeness (QED) is 0.911. The van der Waals surface area contributed by atoms with Crippen molar-refractivity contribution in [3.63, 3.8) is 0 Å². The van der Waals surface area contributed by atoms with Crippen molar-refractivity contribution in [3.05, 3.63) is 48.0 Å². The maximum absolute atomic E-state index is 13.2. The molecule has 0 unspecified atom stereocenters. The summed E-state index contributed by atoms with van der Waals surface area (Å²) in [5.74, 6) is 0.815. The van der Waals surface area contributed by atoms with E-state index in [1.807, 2.05) is 6.07 Å². The van der Waals surface area contributed by atoms with E-state index in [0.717, 1.165) is 5.56 Å². The van der Waals surface area contributed by atoms with Gasteiger partial charge in [-0.1, -0.05) is 12.1 Å². The number of carbonyl (C=O) groups excluding carboxylic acids is 1. The van der Waals surface area contributed by atoms with Crippen molar-refractivity contribution < 1.29 is 13.9 Å². The van der Waals surface area contributed by atoms with Crippen molar-refractivity contribution in [1.82, 2.24) is 14.9 Å². The summed E-state index contributed by atoms with van der Waals surface area (Å²) in [5.41, 5.74) is 0.780. The smallest absolute Gasteiger partial charge is 0.225 e. The number of anilines is 1. The van der Waals surface area contributed by atoms with Crippen LogP contribution in [0.2, 0.25) is 0 Å². The molecule has 1 aromatic heterocycles. The number of methoxy groups -OCH3 is 1. The number of nitrogens with zero attached hydrogens (tertiary/aromatic N) is 3. The largest absolute Gasteiger partial charge is 0.481 e. The first kappa shape index (κ1) is 15.2. The van der Waals surface area contributed by atoms with Gasteiger partial charge in [0.1, 0.15) is 18.0 Å². The lowest BCUT2D eigenvalue weighted by molar-refractivity contribution is -0.128. The van der Waals surface area contributed by atoms with Crippen molar-refractivity contribution in [2.75, 3.05) is 19.0 Å². The minimum absolute atomic E-state index is 0.0350. The second-order valence-electron chi connectivity index (χ2n) is 5.40. The van der Waals surface area contributed by atoms with Crippen LogP contribution in [0, 0.1) is 5.82 Å². The van der Waals surface area contributed by atoms with Crippen molar-refractivity contribution in [1.29, 1.82) is 0 Å². The maximum Gasteiger partial charge on any atom is 0.225 e. The molecule has 0 spiro atoms. The van der Waals surface area contributed by atoms with Gasteiger partial charge in [-0.15, -0.1) is 0 Å². The van der Waals surface area contributed by atoms with Gasteiger partial charge < -0.3 is 15.0 Å². The summed E-state index contributed by atoms with van der Waals surface area (Å²) >= 11 is 0. The first-order valence-corrected chi connectivity index (χ1v) is 7.29. The lowest BCUT2D eigenvalue weighted by atomic mass is 10.2. The van der Waals surface area contributed by atoms with Crippen LogP contribution in [0.4, 0.5) is 10.2 Å². The minimum Gasteiger partial charge on any atom is -0.481 e. The van der Waals surface area contributed by atoms with Crippen molar-refractivity contribution in [2.45, 2.75) is 19.0 Å². The molecule has 0 radical (unpaired) electrons. The third kappa shape index (κ3) is 3.74. The molecular weight excluding hydrogens is 299 g/mol. The molecule has 0 bridgehead atoms. The number of benzene rings is 1. The number of carbonyl (C=O) groups is 1. The summed E-state index contributed by atoms with van der Waals surface area (Å²) in [4.78, 5) is 21.9. The van der Waals surface area contributed by atoms with Crippen LogP contribution in [0.3, 0.4) is 0 Å². The molecule has 1 atom stereocenters. The highest BCUT2D eigenvalue weighted by Crippen LogP contribution is 2.19.